The van der Waals surface area contributed by atoms with Crippen LogP contribution >= 0.6 is 22.6 Å². The molecule has 25 heavy (non-hydrogen) atoms. The van der Waals surface area contributed by atoms with Crippen LogP contribution in [0.4, 0.5) is 13.6 Å². The van der Waals surface area contributed by atoms with Crippen LogP contribution in [-0.4, -0.2) is 53.1 Å². The number of ether oxygens (including phenoxy) is 1. The molecule has 0 N–H and O–H groups in total. The van der Waals surface area contributed by atoms with Gasteiger partial charge in [-0.1, -0.05) is 0 Å². The molecular formula is C17H21F2IN2O3. The zero-order valence-electron chi connectivity index (χ0n) is 14.6. The number of halogens is 3. The van der Waals surface area contributed by atoms with E-state index in [2.05, 4.69) is 0 Å². The predicted molar refractivity (Wildman–Crippen MR) is 97.4 cm³/mol. The molecular weight excluding hydrogens is 445 g/mol. The van der Waals surface area contributed by atoms with E-state index in [4.69, 9.17) is 4.74 Å². The Kier molecular flexibility index (Phi) is 5.90. The fourth-order valence-corrected chi connectivity index (χ4v) is 3.07. The van der Waals surface area contributed by atoms with Crippen LogP contribution in [0.15, 0.2) is 12.1 Å². The predicted octanol–water partition coefficient (Wildman–Crippen LogP) is 3.65. The molecule has 1 atom stereocenters. The van der Waals surface area contributed by atoms with E-state index in [1.165, 1.54) is 15.9 Å². The average Bonchev–Trinajstić information content (AvgIpc) is 2.49. The van der Waals surface area contributed by atoms with E-state index in [0.717, 1.165) is 6.07 Å². The van der Waals surface area contributed by atoms with Crippen molar-refractivity contribution in [3.8, 4) is 0 Å². The van der Waals surface area contributed by atoms with Gasteiger partial charge in [-0.25, -0.2) is 13.6 Å². The zero-order chi connectivity index (χ0) is 18.9. The van der Waals surface area contributed by atoms with Crippen LogP contribution in [0.2, 0.25) is 0 Å². The van der Waals surface area contributed by atoms with Crippen molar-refractivity contribution >= 4 is 34.6 Å². The SMILES string of the molecule is C[C@@H]1CN(C(=O)OC(C)(C)C)CCN1C(=O)c1c(F)ccc(I)c1F. The molecule has 2 rings (SSSR count). The summed E-state index contributed by atoms with van der Waals surface area (Å²) in [5.41, 5.74) is -1.16. The molecule has 0 spiro atoms. The van der Waals surface area contributed by atoms with Crippen molar-refractivity contribution in [2.45, 2.75) is 39.3 Å². The molecule has 0 unspecified atom stereocenters. The summed E-state index contributed by atoms with van der Waals surface area (Å²) >= 11 is 1.72. The maximum Gasteiger partial charge on any atom is 0.410 e. The first kappa shape index (κ1) is 19.9. The van der Waals surface area contributed by atoms with Gasteiger partial charge in [0.25, 0.3) is 5.91 Å². The molecule has 0 aromatic heterocycles. The second-order valence-corrected chi connectivity index (χ2v) is 8.15. The van der Waals surface area contributed by atoms with Crippen molar-refractivity contribution < 1.29 is 23.1 Å². The second-order valence-electron chi connectivity index (χ2n) is 6.99. The summed E-state index contributed by atoms with van der Waals surface area (Å²) in [6, 6.07) is 1.98. The Labute approximate surface area is 159 Å². The molecule has 0 aliphatic carbocycles. The lowest BCUT2D eigenvalue weighted by molar-refractivity contribution is 0.00596. The van der Waals surface area contributed by atoms with E-state index in [1.54, 1.807) is 50.3 Å². The maximum absolute atomic E-state index is 14.2. The standard InChI is InChI=1S/C17H21F2IN2O3/c1-10-9-21(16(24)25-17(2,3)4)7-8-22(10)15(23)13-11(18)5-6-12(20)14(13)19/h5-6,10H,7-9H2,1-4H3/t10-/m1/s1. The molecule has 1 fully saturated rings. The summed E-state index contributed by atoms with van der Waals surface area (Å²) in [5.74, 6) is -2.44. The normalized spacial score (nSPS) is 18.3. The number of carbonyl (C=O) groups is 2. The van der Waals surface area contributed by atoms with Crippen molar-refractivity contribution in [3.63, 3.8) is 0 Å². The topological polar surface area (TPSA) is 49.9 Å². The van der Waals surface area contributed by atoms with Gasteiger partial charge < -0.3 is 14.5 Å². The fraction of sp³-hybridized carbons (Fsp3) is 0.529. The van der Waals surface area contributed by atoms with Gasteiger partial charge in [0.1, 0.15) is 17.0 Å². The van der Waals surface area contributed by atoms with Gasteiger partial charge in [0, 0.05) is 29.2 Å². The highest BCUT2D eigenvalue weighted by molar-refractivity contribution is 14.1. The Bertz CT molecular complexity index is 691. The summed E-state index contributed by atoms with van der Waals surface area (Å²) in [5, 5.41) is 0. The Morgan fingerprint density at radius 1 is 1.24 bits per heavy atom. The number of nitrogens with zero attached hydrogens (tertiary/aromatic N) is 2. The molecule has 1 aromatic rings. The summed E-state index contributed by atoms with van der Waals surface area (Å²) in [4.78, 5) is 27.6. The molecule has 0 radical (unpaired) electrons. The highest BCUT2D eigenvalue weighted by Gasteiger charge is 2.34. The number of benzene rings is 1. The summed E-state index contributed by atoms with van der Waals surface area (Å²) in [6.45, 7) is 7.73. The lowest BCUT2D eigenvalue weighted by atomic mass is 10.1. The number of piperazine rings is 1. The smallest absolute Gasteiger partial charge is 0.410 e. The summed E-state index contributed by atoms with van der Waals surface area (Å²) < 4.78 is 33.7. The molecule has 2 amide bonds. The average molecular weight is 466 g/mol. The summed E-state index contributed by atoms with van der Waals surface area (Å²) in [7, 11) is 0. The van der Waals surface area contributed by atoms with Crippen molar-refractivity contribution in [1.29, 1.82) is 0 Å². The number of amides is 2. The van der Waals surface area contributed by atoms with Crippen molar-refractivity contribution in [3.05, 3.63) is 32.9 Å². The zero-order valence-corrected chi connectivity index (χ0v) is 16.8. The molecule has 8 heteroatoms. The van der Waals surface area contributed by atoms with Crippen molar-refractivity contribution in [2.24, 2.45) is 0 Å². The number of rotatable bonds is 1. The third-order valence-electron chi connectivity index (χ3n) is 3.80. The Hall–Kier alpha value is -1.45. The second kappa shape index (κ2) is 7.43. The maximum atomic E-state index is 14.2. The molecule has 138 valence electrons. The Morgan fingerprint density at radius 3 is 2.44 bits per heavy atom. The van der Waals surface area contributed by atoms with Gasteiger partial charge in [-0.3, -0.25) is 4.79 Å². The molecule has 1 saturated heterocycles. The van der Waals surface area contributed by atoms with Crippen LogP contribution in [0.5, 0.6) is 0 Å². The minimum Gasteiger partial charge on any atom is -0.444 e. The minimum atomic E-state index is -0.885. The number of carbonyl (C=O) groups excluding carboxylic acids is 2. The quantitative estimate of drug-likeness (QED) is 0.469. The van der Waals surface area contributed by atoms with Crippen LogP contribution < -0.4 is 0 Å². The third-order valence-corrected chi connectivity index (χ3v) is 4.63. The van der Waals surface area contributed by atoms with Gasteiger partial charge in [-0.2, -0.15) is 0 Å². The monoisotopic (exact) mass is 466 g/mol. The van der Waals surface area contributed by atoms with Crippen LogP contribution in [0.3, 0.4) is 0 Å². The van der Waals surface area contributed by atoms with Crippen LogP contribution in [0, 0.1) is 15.2 Å². The lowest BCUT2D eigenvalue weighted by Gasteiger charge is -2.40. The van der Waals surface area contributed by atoms with E-state index in [0.29, 0.717) is 0 Å². The molecule has 0 bridgehead atoms. The van der Waals surface area contributed by atoms with Crippen molar-refractivity contribution in [1.82, 2.24) is 9.80 Å². The van der Waals surface area contributed by atoms with Crippen LogP contribution in [-0.2, 0) is 4.74 Å². The van der Waals surface area contributed by atoms with Crippen LogP contribution in [0.1, 0.15) is 38.1 Å². The van der Waals surface area contributed by atoms with E-state index < -0.39 is 34.8 Å². The highest BCUT2D eigenvalue weighted by atomic mass is 127. The molecule has 1 aromatic carbocycles. The molecule has 1 aliphatic heterocycles. The van der Waals surface area contributed by atoms with E-state index in [1.807, 2.05) is 0 Å². The first-order chi connectivity index (χ1) is 11.5. The van der Waals surface area contributed by atoms with Crippen molar-refractivity contribution in [2.75, 3.05) is 19.6 Å². The first-order valence-electron chi connectivity index (χ1n) is 7.93. The third kappa shape index (κ3) is 4.59. The minimum absolute atomic E-state index is 0.183. The number of hydrogen-bond acceptors (Lipinski definition) is 3. The molecule has 5 nitrogen and oxygen atoms in total. The largest absolute Gasteiger partial charge is 0.444 e. The van der Waals surface area contributed by atoms with Gasteiger partial charge in [-0.05, 0) is 62.4 Å². The van der Waals surface area contributed by atoms with E-state index >= 15 is 0 Å². The highest BCUT2D eigenvalue weighted by Crippen LogP contribution is 2.23. The molecule has 1 aliphatic rings. The molecule has 1 heterocycles. The molecule has 0 saturated carbocycles. The Morgan fingerprint density at radius 2 is 1.88 bits per heavy atom. The number of hydrogen-bond donors (Lipinski definition) is 0. The van der Waals surface area contributed by atoms with Crippen LogP contribution in [0.25, 0.3) is 0 Å². The van der Waals surface area contributed by atoms with Gasteiger partial charge in [0.15, 0.2) is 5.82 Å². The first-order valence-corrected chi connectivity index (χ1v) is 9.01. The van der Waals surface area contributed by atoms with Gasteiger partial charge in [-0.15, -0.1) is 0 Å². The Balaban J connectivity index is 2.13. The fourth-order valence-electron chi connectivity index (χ4n) is 2.62. The van der Waals surface area contributed by atoms with E-state index in [9.17, 15) is 18.4 Å². The lowest BCUT2D eigenvalue weighted by Crippen LogP contribution is -2.56. The van der Waals surface area contributed by atoms with Gasteiger partial charge in [0.2, 0.25) is 0 Å². The summed E-state index contributed by atoms with van der Waals surface area (Å²) in [6.07, 6.45) is -0.460. The van der Waals surface area contributed by atoms with E-state index in [-0.39, 0.29) is 29.2 Å². The van der Waals surface area contributed by atoms with Gasteiger partial charge in [0.05, 0.1) is 0 Å². The van der Waals surface area contributed by atoms with Gasteiger partial charge >= 0.3 is 6.09 Å².